The number of para-hydroxylation sites is 1. The van der Waals surface area contributed by atoms with E-state index in [9.17, 15) is 19.5 Å². The number of benzene rings is 2. The summed E-state index contributed by atoms with van der Waals surface area (Å²) in [7, 11) is 1.21. The monoisotopic (exact) mass is 685 g/mol. The summed E-state index contributed by atoms with van der Waals surface area (Å²) < 4.78 is 29.1. The lowest BCUT2D eigenvalue weighted by Gasteiger charge is -2.32. The summed E-state index contributed by atoms with van der Waals surface area (Å²) in [6.07, 6.45) is -1.34. The first-order valence-corrected chi connectivity index (χ1v) is 16.4. The van der Waals surface area contributed by atoms with Gasteiger partial charge in [-0.2, -0.15) is 0 Å². The molecule has 50 heavy (non-hydrogen) atoms. The Balaban J connectivity index is 1.45. The first-order chi connectivity index (χ1) is 23.8. The van der Waals surface area contributed by atoms with Crippen molar-refractivity contribution in [3.05, 3.63) is 82.8 Å². The molecule has 14 heteroatoms. The number of fused-ring (bicyclic) bond motifs is 4. The van der Waals surface area contributed by atoms with Crippen LogP contribution in [0.1, 0.15) is 74.7 Å². The van der Waals surface area contributed by atoms with Gasteiger partial charge in [-0.05, 0) is 34.6 Å². The minimum absolute atomic E-state index is 0.0993. The minimum atomic E-state index is -1.30. The lowest BCUT2D eigenvalue weighted by atomic mass is 9.72. The first-order valence-electron chi connectivity index (χ1n) is 16.4. The van der Waals surface area contributed by atoms with Gasteiger partial charge >= 0.3 is 6.16 Å². The number of methoxy groups -OCH3 is 1. The van der Waals surface area contributed by atoms with E-state index in [0.717, 1.165) is 22.4 Å². The number of amides is 2. The van der Waals surface area contributed by atoms with E-state index in [-0.39, 0.29) is 36.4 Å². The van der Waals surface area contributed by atoms with E-state index in [1.165, 1.54) is 13.4 Å². The van der Waals surface area contributed by atoms with Gasteiger partial charge < -0.3 is 44.1 Å². The molecule has 4 N–H and O–H groups in total. The van der Waals surface area contributed by atoms with Gasteiger partial charge in [0.2, 0.25) is 23.6 Å². The summed E-state index contributed by atoms with van der Waals surface area (Å²) in [5.74, 6) is -0.241. The molecule has 2 aromatic carbocycles. The van der Waals surface area contributed by atoms with Crippen molar-refractivity contribution in [2.24, 2.45) is 11.3 Å². The largest absolute Gasteiger partial charge is 0.508 e. The van der Waals surface area contributed by atoms with Crippen LogP contribution in [0.5, 0.6) is 5.75 Å². The summed E-state index contributed by atoms with van der Waals surface area (Å²) in [5, 5.41) is 19.9. The number of carbonyl (C=O) groups excluding carboxylic acids is 3. The van der Waals surface area contributed by atoms with Crippen molar-refractivity contribution in [2.45, 2.75) is 77.5 Å². The molecule has 5 atom stereocenters. The molecule has 3 aliphatic heterocycles. The van der Waals surface area contributed by atoms with Crippen molar-refractivity contribution < 1.29 is 42.5 Å². The molecule has 4 aromatic rings. The number of oxazole rings is 2. The molecule has 4 unspecified atom stereocenters. The highest BCUT2D eigenvalue weighted by Crippen LogP contribution is 2.59. The second kappa shape index (κ2) is 12.2. The van der Waals surface area contributed by atoms with Crippen molar-refractivity contribution in [1.29, 1.82) is 0 Å². The third kappa shape index (κ3) is 5.43. The highest BCUT2D eigenvalue weighted by Gasteiger charge is 2.61. The third-order valence-corrected chi connectivity index (χ3v) is 9.38. The summed E-state index contributed by atoms with van der Waals surface area (Å²) in [5.41, 5.74) is 2.02. The van der Waals surface area contributed by atoms with Gasteiger partial charge in [0.05, 0.1) is 7.11 Å². The Hall–Kier alpha value is -5.37. The number of ether oxygens (including phenoxy) is 3. The van der Waals surface area contributed by atoms with Gasteiger partial charge in [0, 0.05) is 17.7 Å². The fourth-order valence-electron chi connectivity index (χ4n) is 6.80. The Morgan fingerprint density at radius 3 is 2.64 bits per heavy atom. The lowest BCUT2D eigenvalue weighted by Crippen LogP contribution is -2.53. The van der Waals surface area contributed by atoms with Crippen LogP contribution < -0.4 is 20.7 Å². The third-order valence-electron chi connectivity index (χ3n) is 9.38. The van der Waals surface area contributed by atoms with Crippen molar-refractivity contribution in [2.75, 3.05) is 12.4 Å². The molecule has 2 aromatic heterocycles. The lowest BCUT2D eigenvalue weighted by molar-refractivity contribution is -0.136. The topological polar surface area (TPSA) is 187 Å². The van der Waals surface area contributed by atoms with E-state index in [1.807, 2.05) is 63.2 Å². The van der Waals surface area contributed by atoms with E-state index >= 15 is 0 Å². The molecular formula is C36H39N5O9. The Kier molecular flexibility index (Phi) is 8.08. The molecule has 0 aliphatic carbocycles. The number of nitrogens with one attached hydrogen (secondary N) is 3. The number of hydrogen-bond donors (Lipinski definition) is 4. The van der Waals surface area contributed by atoms with Gasteiger partial charge in [-0.25, -0.2) is 14.8 Å². The van der Waals surface area contributed by atoms with Crippen molar-refractivity contribution in [1.82, 2.24) is 20.6 Å². The summed E-state index contributed by atoms with van der Waals surface area (Å²) in [6, 6.07) is 11.6. The molecule has 262 valence electrons. The molecule has 0 radical (unpaired) electrons. The molecule has 2 amide bonds. The molecule has 14 nitrogen and oxygen atoms in total. The Morgan fingerprint density at radius 1 is 1.12 bits per heavy atom. The second-order valence-corrected chi connectivity index (χ2v) is 14.2. The zero-order chi connectivity index (χ0) is 35.5. The van der Waals surface area contributed by atoms with Crippen LogP contribution in [0, 0.1) is 11.3 Å². The average Bonchev–Trinajstić information content (AvgIpc) is 3.85. The van der Waals surface area contributed by atoms with E-state index in [4.69, 9.17) is 23.3 Å². The maximum atomic E-state index is 14.1. The molecule has 0 saturated heterocycles. The normalized spacial score (nSPS) is 22.6. The van der Waals surface area contributed by atoms with E-state index < -0.39 is 53.2 Å². The van der Waals surface area contributed by atoms with E-state index in [1.54, 1.807) is 13.8 Å². The number of nitrogens with zero attached hydrogens (tertiary/aromatic N) is 2. The Labute approximate surface area is 287 Å². The molecule has 4 bridgehead atoms. The number of aliphatic hydroxyl groups is 1. The molecule has 0 saturated carbocycles. The quantitative estimate of drug-likeness (QED) is 0.211. The van der Waals surface area contributed by atoms with Gasteiger partial charge in [-0.3, -0.25) is 9.59 Å². The highest BCUT2D eigenvalue weighted by atomic mass is 16.7. The number of hydrogen-bond acceptors (Lipinski definition) is 12. The van der Waals surface area contributed by atoms with Crippen LogP contribution in [0.15, 0.2) is 57.6 Å². The summed E-state index contributed by atoms with van der Waals surface area (Å²) >= 11 is 0. The van der Waals surface area contributed by atoms with Gasteiger partial charge in [0.25, 0.3) is 0 Å². The number of anilines is 1. The van der Waals surface area contributed by atoms with Crippen LogP contribution in [0.3, 0.4) is 0 Å². The summed E-state index contributed by atoms with van der Waals surface area (Å²) in [4.78, 5) is 48.5. The average molecular weight is 686 g/mol. The number of rotatable bonds is 6. The molecular weight excluding hydrogens is 646 g/mol. The molecule has 7 rings (SSSR count). The first kappa shape index (κ1) is 33.1. The predicted molar refractivity (Wildman–Crippen MR) is 177 cm³/mol. The second-order valence-electron chi connectivity index (χ2n) is 14.2. The zero-order valence-corrected chi connectivity index (χ0v) is 28.5. The number of aromatic nitrogens is 2. The predicted octanol–water partition coefficient (Wildman–Crippen LogP) is 4.35. The number of aliphatic hydroxyl groups excluding tert-OH is 1. The fourth-order valence-corrected chi connectivity index (χ4v) is 6.80. The van der Waals surface area contributed by atoms with E-state index in [2.05, 4.69) is 25.7 Å². The standard InChI is InChI=1S/C36H39N5O9/c1-17(2)26(42)30(44)38-23-14-18-11-12-24-21(13-18)36(20-9-7-8-10-22(20)39-33(36)49-24)28-25(31-37-19(15-47-31)16-48-34(45)46-6)40-32(50-28)27(35(3,4)5)41-29(23)43/h7-13,15,17,23,26-27,33,39,42H,14,16H2,1-6H3,(H,38,44)(H,41,43)/t23?,26-,27?,33?,36?/m0/s1. The molecule has 1 spiro atoms. The molecule has 3 aliphatic rings. The zero-order valence-electron chi connectivity index (χ0n) is 28.5. The van der Waals surface area contributed by atoms with Crippen LogP contribution >= 0.6 is 0 Å². The van der Waals surface area contributed by atoms with Crippen molar-refractivity contribution >= 4 is 23.7 Å². The van der Waals surface area contributed by atoms with Gasteiger partial charge in [-0.15, -0.1) is 0 Å². The van der Waals surface area contributed by atoms with Crippen LogP contribution in [-0.4, -0.2) is 58.5 Å². The van der Waals surface area contributed by atoms with Crippen LogP contribution in [0.2, 0.25) is 0 Å². The van der Waals surface area contributed by atoms with Gasteiger partial charge in [-0.1, -0.05) is 65.0 Å². The van der Waals surface area contributed by atoms with E-state index in [0.29, 0.717) is 17.2 Å². The van der Waals surface area contributed by atoms with Gasteiger partial charge in [0.1, 0.15) is 47.9 Å². The molecule has 0 fully saturated rings. The maximum absolute atomic E-state index is 14.1. The minimum Gasteiger partial charge on any atom is -0.469 e. The summed E-state index contributed by atoms with van der Waals surface area (Å²) in [6.45, 7) is 9.05. The van der Waals surface area contributed by atoms with Gasteiger partial charge in [0.15, 0.2) is 17.7 Å². The fraction of sp³-hybridized carbons (Fsp3) is 0.417. The highest BCUT2D eigenvalue weighted by molar-refractivity contribution is 5.90. The smallest absolute Gasteiger partial charge is 0.469 e. The van der Waals surface area contributed by atoms with Crippen LogP contribution in [0.25, 0.3) is 11.6 Å². The van der Waals surface area contributed by atoms with Crippen LogP contribution in [-0.2, 0) is 37.5 Å². The van der Waals surface area contributed by atoms with Crippen molar-refractivity contribution in [3.63, 3.8) is 0 Å². The number of carbonyl (C=O) groups is 3. The van der Waals surface area contributed by atoms with Crippen LogP contribution in [0.4, 0.5) is 10.5 Å². The SMILES string of the molecule is COC(=O)OCc1coc(-c2nc3oc2C24c5ccccc5NC2Oc2ccc(cc24)CC(NC(=O)[C@@H](O)C(C)C)C(=O)NC3C(C)(C)C)n1. The van der Waals surface area contributed by atoms with Crippen molar-refractivity contribution in [3.8, 4) is 17.3 Å². The Morgan fingerprint density at radius 2 is 1.90 bits per heavy atom. The molecule has 5 heterocycles. The maximum Gasteiger partial charge on any atom is 0.508 e. The Bertz CT molecular complexity index is 1980.